The number of Topliss-reactive ketones (excluding diaryl/α,β-unsaturated/α-hetero) is 1. The van der Waals surface area contributed by atoms with Crippen molar-refractivity contribution in [2.45, 2.75) is 58.4 Å². The molecule has 2 unspecified atom stereocenters. The lowest BCUT2D eigenvalue weighted by Crippen LogP contribution is -2.46. The summed E-state index contributed by atoms with van der Waals surface area (Å²) in [5.41, 5.74) is 1.82. The zero-order chi connectivity index (χ0) is 20.5. The van der Waals surface area contributed by atoms with Crippen LogP contribution in [0, 0.1) is 5.92 Å². The van der Waals surface area contributed by atoms with Crippen LogP contribution in [0.1, 0.15) is 51.5 Å². The summed E-state index contributed by atoms with van der Waals surface area (Å²) in [6, 6.07) is 6.99. The van der Waals surface area contributed by atoms with Crippen LogP contribution in [0.3, 0.4) is 0 Å². The van der Waals surface area contributed by atoms with Crippen molar-refractivity contribution in [3.8, 4) is 0 Å². The highest BCUT2D eigenvalue weighted by atomic mass is 16.7. The Hall–Kier alpha value is -2.67. The molecule has 0 saturated heterocycles. The number of para-hydroxylation sites is 1. The van der Waals surface area contributed by atoms with Gasteiger partial charge in [-0.25, -0.2) is 4.79 Å². The minimum absolute atomic E-state index is 0.151. The molecule has 7 heteroatoms. The third kappa shape index (κ3) is 5.42. The molecule has 28 heavy (non-hydrogen) atoms. The van der Waals surface area contributed by atoms with E-state index in [4.69, 9.17) is 5.90 Å². The van der Waals surface area contributed by atoms with E-state index in [-0.39, 0.29) is 18.1 Å². The topological polar surface area (TPSA) is 114 Å². The van der Waals surface area contributed by atoms with Gasteiger partial charge in [0.1, 0.15) is 5.92 Å². The standard InChI is InChI=1S/C21H29N3O4/c1-3-5-9-16(21(27)28-22)20(26)18(8-4-2)24-19(25)12-14-13-23-17-11-7-6-10-15(14)17/h6-7,10-11,13,16,18,23H,3-5,8-9,12,22H2,1-2H3,(H,24,25). The summed E-state index contributed by atoms with van der Waals surface area (Å²) in [6.07, 6.45) is 5.01. The second-order valence-electron chi connectivity index (χ2n) is 6.98. The average Bonchev–Trinajstić information content (AvgIpc) is 3.10. The second-order valence-corrected chi connectivity index (χ2v) is 6.98. The molecule has 0 aliphatic rings. The maximum absolute atomic E-state index is 12.9. The van der Waals surface area contributed by atoms with Crippen LogP contribution in [0.25, 0.3) is 10.9 Å². The Bertz CT molecular complexity index is 815. The zero-order valence-electron chi connectivity index (χ0n) is 16.5. The molecular weight excluding hydrogens is 358 g/mol. The van der Waals surface area contributed by atoms with E-state index in [9.17, 15) is 14.4 Å². The SMILES string of the molecule is CCCCC(C(=O)ON)C(=O)C(CCC)NC(=O)Cc1c[nH]c2ccccc12. The summed E-state index contributed by atoms with van der Waals surface area (Å²) in [7, 11) is 0. The first-order valence-electron chi connectivity index (χ1n) is 9.80. The highest BCUT2D eigenvalue weighted by Crippen LogP contribution is 2.19. The normalized spacial score (nSPS) is 13.1. The van der Waals surface area contributed by atoms with Gasteiger partial charge in [0.25, 0.3) is 0 Å². The zero-order valence-corrected chi connectivity index (χ0v) is 16.5. The fourth-order valence-corrected chi connectivity index (χ4v) is 3.38. The van der Waals surface area contributed by atoms with Crippen molar-refractivity contribution < 1.29 is 19.2 Å². The lowest BCUT2D eigenvalue weighted by atomic mass is 9.90. The van der Waals surface area contributed by atoms with Gasteiger partial charge in [0, 0.05) is 17.1 Å². The molecule has 1 amide bonds. The van der Waals surface area contributed by atoms with Gasteiger partial charge in [0.05, 0.1) is 12.5 Å². The van der Waals surface area contributed by atoms with Crippen LogP contribution < -0.4 is 11.2 Å². The van der Waals surface area contributed by atoms with Gasteiger partial charge in [-0.3, -0.25) is 9.59 Å². The first-order chi connectivity index (χ1) is 13.5. The van der Waals surface area contributed by atoms with Gasteiger partial charge in [-0.1, -0.05) is 51.3 Å². The first-order valence-corrected chi connectivity index (χ1v) is 9.80. The predicted octanol–water partition coefficient (Wildman–Crippen LogP) is 2.79. The number of aromatic nitrogens is 1. The lowest BCUT2D eigenvalue weighted by Gasteiger charge is -2.21. The van der Waals surface area contributed by atoms with Crippen LogP contribution >= 0.6 is 0 Å². The number of nitrogens with two attached hydrogens (primary N) is 1. The maximum Gasteiger partial charge on any atom is 0.335 e. The molecule has 0 aliphatic carbocycles. The second kappa shape index (κ2) is 10.6. The monoisotopic (exact) mass is 387 g/mol. The van der Waals surface area contributed by atoms with Crippen LogP contribution in [0.5, 0.6) is 0 Å². The molecule has 0 aliphatic heterocycles. The minimum atomic E-state index is -0.949. The molecule has 1 heterocycles. The number of benzene rings is 1. The summed E-state index contributed by atoms with van der Waals surface area (Å²) < 4.78 is 0. The van der Waals surface area contributed by atoms with Gasteiger partial charge in [0.15, 0.2) is 5.78 Å². The molecule has 0 spiro atoms. The predicted molar refractivity (Wildman–Crippen MR) is 107 cm³/mol. The Morgan fingerprint density at radius 3 is 2.57 bits per heavy atom. The molecule has 0 fully saturated rings. The number of unbranched alkanes of at least 4 members (excludes halogenated alkanes) is 1. The number of hydrogen-bond donors (Lipinski definition) is 3. The van der Waals surface area contributed by atoms with Crippen LogP contribution in [0.2, 0.25) is 0 Å². The Labute approximate surface area is 165 Å². The number of ketones is 1. The number of H-pyrrole nitrogens is 1. The molecule has 152 valence electrons. The smallest absolute Gasteiger partial charge is 0.335 e. The van der Waals surface area contributed by atoms with E-state index in [0.717, 1.165) is 22.9 Å². The molecule has 2 rings (SSSR count). The van der Waals surface area contributed by atoms with E-state index in [1.165, 1.54) is 0 Å². The number of rotatable bonds is 11. The molecule has 0 bridgehead atoms. The fourth-order valence-electron chi connectivity index (χ4n) is 3.38. The number of carbonyl (C=O) groups excluding carboxylic acids is 3. The fraction of sp³-hybridized carbons (Fsp3) is 0.476. The Balaban J connectivity index is 2.10. The van der Waals surface area contributed by atoms with Crippen LogP contribution in [-0.2, 0) is 25.6 Å². The van der Waals surface area contributed by atoms with Crippen molar-refractivity contribution in [2.24, 2.45) is 11.8 Å². The van der Waals surface area contributed by atoms with Crippen molar-refractivity contribution in [1.82, 2.24) is 10.3 Å². The molecule has 0 radical (unpaired) electrons. The number of hydrogen-bond acceptors (Lipinski definition) is 5. The summed E-state index contributed by atoms with van der Waals surface area (Å²) >= 11 is 0. The number of nitrogens with one attached hydrogen (secondary N) is 2. The van der Waals surface area contributed by atoms with Gasteiger partial charge in [-0.2, -0.15) is 5.90 Å². The number of amides is 1. The van der Waals surface area contributed by atoms with Gasteiger partial charge in [-0.05, 0) is 24.5 Å². The maximum atomic E-state index is 12.9. The molecule has 1 aromatic carbocycles. The number of carbonyl (C=O) groups is 3. The van der Waals surface area contributed by atoms with Crippen molar-refractivity contribution in [3.05, 3.63) is 36.0 Å². The molecule has 4 N–H and O–H groups in total. The van der Waals surface area contributed by atoms with E-state index in [0.29, 0.717) is 25.7 Å². The van der Waals surface area contributed by atoms with Crippen LogP contribution in [0.4, 0.5) is 0 Å². The summed E-state index contributed by atoms with van der Waals surface area (Å²) in [5, 5.41) is 3.78. The highest BCUT2D eigenvalue weighted by molar-refractivity contribution is 6.03. The average molecular weight is 387 g/mol. The summed E-state index contributed by atoms with van der Waals surface area (Å²) in [5.74, 6) is 2.72. The molecule has 2 atom stereocenters. The molecule has 1 aromatic heterocycles. The van der Waals surface area contributed by atoms with Gasteiger partial charge < -0.3 is 15.1 Å². The third-order valence-electron chi connectivity index (χ3n) is 4.87. The van der Waals surface area contributed by atoms with Crippen molar-refractivity contribution >= 4 is 28.6 Å². The number of fused-ring (bicyclic) bond motifs is 1. The van der Waals surface area contributed by atoms with Crippen molar-refractivity contribution in [2.75, 3.05) is 0 Å². The van der Waals surface area contributed by atoms with Crippen LogP contribution in [-0.4, -0.2) is 28.7 Å². The molecule has 7 nitrogen and oxygen atoms in total. The van der Waals surface area contributed by atoms with E-state index < -0.39 is 17.9 Å². The largest absolute Gasteiger partial charge is 0.373 e. The van der Waals surface area contributed by atoms with Gasteiger partial charge in [0.2, 0.25) is 5.91 Å². The van der Waals surface area contributed by atoms with Crippen LogP contribution in [0.15, 0.2) is 30.5 Å². The third-order valence-corrected chi connectivity index (χ3v) is 4.87. The molecular formula is C21H29N3O4. The van der Waals surface area contributed by atoms with Gasteiger partial charge in [-0.15, -0.1) is 0 Å². The van der Waals surface area contributed by atoms with Crippen molar-refractivity contribution in [3.63, 3.8) is 0 Å². The first kappa shape index (κ1) is 21.6. The quantitative estimate of drug-likeness (QED) is 0.405. The van der Waals surface area contributed by atoms with E-state index in [1.807, 2.05) is 38.1 Å². The highest BCUT2D eigenvalue weighted by Gasteiger charge is 2.33. The molecule has 2 aromatic rings. The minimum Gasteiger partial charge on any atom is -0.373 e. The van der Waals surface area contributed by atoms with Gasteiger partial charge >= 0.3 is 5.97 Å². The summed E-state index contributed by atoms with van der Waals surface area (Å²) in [6.45, 7) is 3.90. The molecule has 0 saturated carbocycles. The lowest BCUT2D eigenvalue weighted by molar-refractivity contribution is -0.154. The Morgan fingerprint density at radius 2 is 1.89 bits per heavy atom. The Kier molecular flexibility index (Phi) is 8.19. The number of aromatic amines is 1. The van der Waals surface area contributed by atoms with E-state index >= 15 is 0 Å². The van der Waals surface area contributed by atoms with E-state index in [2.05, 4.69) is 15.1 Å². The Morgan fingerprint density at radius 1 is 1.14 bits per heavy atom. The summed E-state index contributed by atoms with van der Waals surface area (Å²) in [4.78, 5) is 44.9. The van der Waals surface area contributed by atoms with Crippen molar-refractivity contribution in [1.29, 1.82) is 0 Å². The van der Waals surface area contributed by atoms with E-state index in [1.54, 1.807) is 6.20 Å².